The lowest BCUT2D eigenvalue weighted by Gasteiger charge is -2.41. The molecule has 7 heteroatoms. The van der Waals surface area contributed by atoms with Crippen molar-refractivity contribution in [1.82, 2.24) is 15.1 Å². The quantitative estimate of drug-likeness (QED) is 0.492. The van der Waals surface area contributed by atoms with E-state index in [1.165, 1.54) is 17.0 Å². The van der Waals surface area contributed by atoms with Gasteiger partial charge in [-0.2, -0.15) is 0 Å². The van der Waals surface area contributed by atoms with Gasteiger partial charge in [0.2, 0.25) is 5.91 Å². The third-order valence-corrected chi connectivity index (χ3v) is 7.06. The zero-order valence-corrected chi connectivity index (χ0v) is 19.9. The molecule has 1 unspecified atom stereocenters. The number of imide groups is 1. The average Bonchev–Trinajstić information content (AvgIpc) is 3.11. The monoisotopic (exact) mass is 475 g/mol. The van der Waals surface area contributed by atoms with E-state index in [-0.39, 0.29) is 36.5 Å². The van der Waals surface area contributed by atoms with Crippen molar-refractivity contribution in [1.29, 1.82) is 0 Å². The predicted molar refractivity (Wildman–Crippen MR) is 131 cm³/mol. The molecule has 2 aromatic carbocycles. The number of carbonyl (C=O) groups is 3. The highest BCUT2D eigenvalue weighted by Crippen LogP contribution is 2.37. The van der Waals surface area contributed by atoms with Crippen molar-refractivity contribution in [2.24, 2.45) is 5.92 Å². The van der Waals surface area contributed by atoms with Crippen LogP contribution in [0.1, 0.15) is 37.3 Å². The first-order chi connectivity index (χ1) is 16.9. The largest absolute Gasteiger partial charge is 0.342 e. The topological polar surface area (TPSA) is 69.7 Å². The van der Waals surface area contributed by atoms with Crippen LogP contribution in [0.15, 0.2) is 54.6 Å². The summed E-state index contributed by atoms with van der Waals surface area (Å²) in [4.78, 5) is 42.2. The number of benzene rings is 2. The van der Waals surface area contributed by atoms with E-state index < -0.39 is 11.6 Å². The SMILES string of the molecule is CC#CCN1C(=O)NC(CCc2ccccc2)(C2CCN(C(=O)Cc3cccc(F)c3)CC2)C1=O. The zero-order valence-electron chi connectivity index (χ0n) is 19.9. The second-order valence-corrected chi connectivity index (χ2v) is 9.17. The Balaban J connectivity index is 1.48. The molecule has 0 radical (unpaired) electrons. The predicted octanol–water partition coefficient (Wildman–Crippen LogP) is 3.55. The minimum Gasteiger partial charge on any atom is -0.342 e. The standard InChI is InChI=1S/C28H30FN3O3/c1-2-3-16-32-26(34)28(30-27(32)35,15-12-21-8-5-4-6-9-21)23-13-17-31(18-14-23)25(33)20-22-10-7-11-24(29)19-22/h4-11,19,23H,12-18,20H2,1H3,(H,30,35). The van der Waals surface area contributed by atoms with Gasteiger partial charge in [-0.1, -0.05) is 48.4 Å². The smallest absolute Gasteiger partial charge is 0.325 e. The van der Waals surface area contributed by atoms with Gasteiger partial charge in [-0.15, -0.1) is 5.92 Å². The van der Waals surface area contributed by atoms with Gasteiger partial charge in [-0.25, -0.2) is 9.18 Å². The summed E-state index contributed by atoms with van der Waals surface area (Å²) in [6.07, 6.45) is 2.48. The van der Waals surface area contributed by atoms with Crippen LogP contribution < -0.4 is 5.32 Å². The summed E-state index contributed by atoms with van der Waals surface area (Å²) in [7, 11) is 0. The molecule has 182 valence electrons. The second-order valence-electron chi connectivity index (χ2n) is 9.17. The summed E-state index contributed by atoms with van der Waals surface area (Å²) in [5.41, 5.74) is 0.728. The van der Waals surface area contributed by atoms with E-state index in [9.17, 15) is 18.8 Å². The van der Waals surface area contributed by atoms with E-state index >= 15 is 0 Å². The van der Waals surface area contributed by atoms with Crippen molar-refractivity contribution in [2.75, 3.05) is 19.6 Å². The lowest BCUT2D eigenvalue weighted by atomic mass is 9.74. The van der Waals surface area contributed by atoms with Crippen molar-refractivity contribution in [3.05, 3.63) is 71.5 Å². The average molecular weight is 476 g/mol. The molecule has 1 atom stereocenters. The Morgan fingerprint density at radius 2 is 1.80 bits per heavy atom. The highest BCUT2D eigenvalue weighted by molar-refractivity contribution is 6.07. The number of urea groups is 1. The van der Waals surface area contributed by atoms with Gasteiger partial charge in [0.15, 0.2) is 0 Å². The van der Waals surface area contributed by atoms with Crippen LogP contribution >= 0.6 is 0 Å². The number of amides is 4. The molecule has 0 spiro atoms. The van der Waals surface area contributed by atoms with Crippen molar-refractivity contribution >= 4 is 17.8 Å². The number of piperidine rings is 1. The molecule has 35 heavy (non-hydrogen) atoms. The summed E-state index contributed by atoms with van der Waals surface area (Å²) in [6, 6.07) is 15.6. The molecule has 2 aromatic rings. The number of likely N-dealkylation sites (tertiary alicyclic amines) is 1. The Hall–Kier alpha value is -3.66. The second kappa shape index (κ2) is 10.7. The Labute approximate surface area is 205 Å². The van der Waals surface area contributed by atoms with Crippen LogP contribution in [0.3, 0.4) is 0 Å². The number of halogens is 1. The molecule has 2 saturated heterocycles. The van der Waals surface area contributed by atoms with Crippen molar-refractivity contribution in [3.8, 4) is 11.8 Å². The third-order valence-electron chi connectivity index (χ3n) is 7.06. The molecular formula is C28H30FN3O3. The minimum absolute atomic E-state index is 0.0611. The number of aryl methyl sites for hydroxylation is 1. The van der Waals surface area contributed by atoms with E-state index in [0.717, 1.165) is 5.56 Å². The fourth-order valence-corrected chi connectivity index (χ4v) is 5.14. The molecule has 2 aliphatic heterocycles. The maximum absolute atomic E-state index is 13.6. The molecule has 2 heterocycles. The van der Waals surface area contributed by atoms with Gasteiger partial charge >= 0.3 is 6.03 Å². The molecule has 0 aliphatic carbocycles. The summed E-state index contributed by atoms with van der Waals surface area (Å²) in [5, 5.41) is 3.03. The Morgan fingerprint density at radius 3 is 2.49 bits per heavy atom. The molecule has 0 saturated carbocycles. The minimum atomic E-state index is -1.01. The first-order valence-corrected chi connectivity index (χ1v) is 12.0. The lowest BCUT2D eigenvalue weighted by molar-refractivity contribution is -0.135. The van der Waals surface area contributed by atoms with Gasteiger partial charge in [0.25, 0.3) is 5.91 Å². The van der Waals surface area contributed by atoms with Crippen molar-refractivity contribution < 1.29 is 18.8 Å². The normalized spacial score (nSPS) is 20.4. The number of hydrogen-bond donors (Lipinski definition) is 1. The number of hydrogen-bond acceptors (Lipinski definition) is 3. The van der Waals surface area contributed by atoms with E-state index in [0.29, 0.717) is 44.3 Å². The van der Waals surface area contributed by atoms with E-state index in [4.69, 9.17) is 0 Å². The van der Waals surface area contributed by atoms with Gasteiger partial charge in [0, 0.05) is 13.1 Å². The first-order valence-electron chi connectivity index (χ1n) is 12.0. The van der Waals surface area contributed by atoms with Gasteiger partial charge in [-0.3, -0.25) is 14.5 Å². The molecule has 2 aliphatic rings. The Kier molecular flexibility index (Phi) is 7.50. The van der Waals surface area contributed by atoms with Crippen LogP contribution in [0.4, 0.5) is 9.18 Å². The van der Waals surface area contributed by atoms with Crippen LogP contribution in [-0.4, -0.2) is 52.8 Å². The molecular weight excluding hydrogens is 445 g/mol. The summed E-state index contributed by atoms with van der Waals surface area (Å²) in [6.45, 7) is 2.73. The van der Waals surface area contributed by atoms with Gasteiger partial charge in [0.05, 0.1) is 13.0 Å². The van der Waals surface area contributed by atoms with Crippen LogP contribution in [0.5, 0.6) is 0 Å². The zero-order chi connectivity index (χ0) is 24.8. The fraction of sp³-hybridized carbons (Fsp3) is 0.393. The first kappa shape index (κ1) is 24.5. The maximum atomic E-state index is 13.6. The number of carbonyl (C=O) groups excluding carboxylic acids is 3. The van der Waals surface area contributed by atoms with Gasteiger partial charge in [0.1, 0.15) is 11.4 Å². The molecule has 1 N–H and O–H groups in total. The highest BCUT2D eigenvalue weighted by atomic mass is 19.1. The molecule has 0 bridgehead atoms. The summed E-state index contributed by atoms with van der Waals surface area (Å²) < 4.78 is 13.5. The summed E-state index contributed by atoms with van der Waals surface area (Å²) >= 11 is 0. The molecule has 6 nitrogen and oxygen atoms in total. The fourth-order valence-electron chi connectivity index (χ4n) is 5.14. The molecule has 0 aromatic heterocycles. The van der Waals surface area contributed by atoms with Crippen LogP contribution in [0, 0.1) is 23.6 Å². The third kappa shape index (κ3) is 5.37. The van der Waals surface area contributed by atoms with E-state index in [1.54, 1.807) is 24.0 Å². The lowest BCUT2D eigenvalue weighted by Crippen LogP contribution is -2.57. The van der Waals surface area contributed by atoms with Crippen LogP contribution in [0.2, 0.25) is 0 Å². The maximum Gasteiger partial charge on any atom is 0.325 e. The van der Waals surface area contributed by atoms with Crippen LogP contribution in [-0.2, 0) is 22.4 Å². The summed E-state index contributed by atoms with van der Waals surface area (Å²) in [5.74, 6) is 4.83. The Bertz CT molecular complexity index is 1150. The van der Waals surface area contributed by atoms with Gasteiger partial charge < -0.3 is 10.2 Å². The van der Waals surface area contributed by atoms with Crippen molar-refractivity contribution in [2.45, 2.75) is 44.6 Å². The molecule has 4 amide bonds. The Morgan fingerprint density at radius 1 is 1.09 bits per heavy atom. The van der Waals surface area contributed by atoms with Crippen LogP contribution in [0.25, 0.3) is 0 Å². The number of nitrogens with zero attached hydrogens (tertiary/aromatic N) is 2. The van der Waals surface area contributed by atoms with Gasteiger partial charge in [-0.05, 0) is 61.8 Å². The molecule has 4 rings (SSSR count). The van der Waals surface area contributed by atoms with E-state index in [2.05, 4.69) is 17.2 Å². The number of rotatable bonds is 7. The molecule has 2 fully saturated rings. The highest BCUT2D eigenvalue weighted by Gasteiger charge is 2.55. The van der Waals surface area contributed by atoms with E-state index in [1.807, 2.05) is 30.3 Å². The number of nitrogens with one attached hydrogen (secondary N) is 1. The van der Waals surface area contributed by atoms with Crippen molar-refractivity contribution in [3.63, 3.8) is 0 Å².